The molecule has 28 rings (SSSR count). The summed E-state index contributed by atoms with van der Waals surface area (Å²) in [5.74, 6) is 29.2. The van der Waals surface area contributed by atoms with E-state index in [0.29, 0.717) is 72.2 Å². The lowest BCUT2D eigenvalue weighted by Gasteiger charge is -2.61. The quantitative estimate of drug-likeness (QED) is 0.118. The molecular formula is C135H233N5O3. The molecule has 8 nitrogen and oxygen atoms in total. The van der Waals surface area contributed by atoms with Gasteiger partial charge in [0.15, 0.2) is 0 Å². The van der Waals surface area contributed by atoms with Crippen molar-refractivity contribution in [2.75, 3.05) is 0 Å². The van der Waals surface area contributed by atoms with E-state index in [0.717, 1.165) is 225 Å². The Morgan fingerprint density at radius 3 is 0.825 bits per heavy atom. The fraction of sp³-hybridized carbons (Fsp3) is 1.00. The fourth-order valence-electron chi connectivity index (χ4n) is 51.9. The second kappa shape index (κ2) is 40.0. The third-order valence-corrected chi connectivity index (χ3v) is 60.0. The molecule has 0 heterocycles. The molecule has 0 amide bonds. The van der Waals surface area contributed by atoms with Crippen LogP contribution in [0.2, 0.25) is 0 Å². The second-order valence-corrected chi connectivity index (χ2v) is 65.9. The average Bonchev–Trinajstić information content (AvgIpc) is 1.68. The zero-order valence-corrected chi connectivity index (χ0v) is 96.5. The molecule has 52 atom stereocenters. The topological polar surface area (TPSA) is 191 Å². The predicted molar refractivity (Wildman–Crippen MR) is 597 cm³/mol. The third-order valence-electron chi connectivity index (χ3n) is 60.0. The van der Waals surface area contributed by atoms with Gasteiger partial charge in [-0.2, -0.15) is 0 Å². The molecule has 816 valence electrons. The first-order valence-electron chi connectivity index (χ1n) is 65.8. The van der Waals surface area contributed by atoms with Crippen molar-refractivity contribution in [1.29, 1.82) is 0 Å². The minimum absolute atomic E-state index is 0.0156. The number of rotatable bonds is 0. The molecule has 0 aliphatic heterocycles. The number of hydrogen-bond acceptors (Lipinski definition) is 8. The van der Waals surface area contributed by atoms with Gasteiger partial charge in [0.25, 0.3) is 0 Å². The standard InChI is InChI=1S/2C20H34.3C19H33NO.2C19H33N/c2*1-14-8-12-20(3)15(13-14)6-7-16-17-5-4-10-19(17,2)11-9-18(16)20;1-18-9-3-4-13(18)12-5-6-15-17(20)16(21)8-11-19(15,2)14(12)7-10-18;1-18-8-3-4-14(18)13-6-5-12-10-17(21)16(20)11-19(12,2)15(13)7-9-18;1-18-8-3-4-14(18)13-6-5-12-10-16(20)17(21)11-19(12,2)15(13)7-9-18;1-18-10-3-5-14(18)13-7-8-16-17(20)6-4-11-19(16,2)15(13)9-12-18;1-18-10-3-4-16(18)15-8-6-13-5-7-14(20)12-19(13,2)17(15)9-11-18/h2*14-18H,4-13H2,1-3H3;3*12-17,21H,3-11,20H2,1-2H3;2*13-17H,3-12,20H2,1-2H3/t14-,15+,16+,17+,18+,19+,20+;14-,15-,16-,17-,18-,19-,20-;12-,13-,14-,15-,16?,17?,18-,19+;2*12-,13-,14-,15-,16?,17?,18-,19-;13-,14-,15-,16-,17?,18-,19+;13-,14?,15+,16+,17+,18+,19+/m1000001/s1. The lowest BCUT2D eigenvalue weighted by atomic mass is 9.44. The zero-order valence-electron chi connectivity index (χ0n) is 96.5. The van der Waals surface area contributed by atoms with Crippen molar-refractivity contribution in [3.63, 3.8) is 0 Å². The summed E-state index contributed by atoms with van der Waals surface area (Å²) in [6, 6.07) is 1.07. The summed E-state index contributed by atoms with van der Waals surface area (Å²) >= 11 is 0. The first-order valence-corrected chi connectivity index (χ1v) is 65.8. The fourth-order valence-corrected chi connectivity index (χ4v) is 51.9. The van der Waals surface area contributed by atoms with E-state index in [9.17, 15) is 15.3 Å². The average molecular weight is 1970 g/mol. The SMILES string of the molecule is C[C@@H]1CC[C@@]2(C)[C@@H](CC[C@H]3[C@@H]4CCC[C@@]4(C)CC[C@@H]32)C1.C[C@@]12CCC[C@H]1[C@@H]1CC[C@H]3C(N)C(O)CC[C@]3(C)[C@H]1CC2.C[C@@]12CCC[C@H]1[C@@H]1CC[C@H]3C(N)CCC[C@]3(C)[C@H]1CC2.C[C@@]12CCC[C@H]1[C@@H]1CC[C@H]3CC(N)C(O)C[C@]3(C)[C@H]1CC2.C[C@@]12CCC[C@H]1[C@@H]1CC[C@H]3CC(O)C(N)C[C@]3(C)[C@H]1CC2.C[C@@]12CCC[C@H]1[C@@H]1CC[C@H]3CCC(N)C[C@]3(C)[C@H]1CC2.C[C@H]1CC[C@@]2(C)[C@@H](CC[C@H]3[C@@H]4CCC[C@@]4(C)CC[C@@H]32)C1. The van der Waals surface area contributed by atoms with Gasteiger partial charge in [-0.25, -0.2) is 0 Å². The van der Waals surface area contributed by atoms with E-state index in [4.69, 9.17) is 28.7 Å². The third kappa shape index (κ3) is 18.3. The van der Waals surface area contributed by atoms with Crippen molar-refractivity contribution in [3.05, 3.63) is 0 Å². The van der Waals surface area contributed by atoms with Crippen LogP contribution in [0.1, 0.15) is 541 Å². The number of fused-ring (bicyclic) bond motifs is 35. The highest BCUT2D eigenvalue weighted by Crippen LogP contribution is 2.76. The Bertz CT molecular complexity index is 4080. The minimum atomic E-state index is -0.262. The smallest absolute Gasteiger partial charge is 0.0696 e. The van der Waals surface area contributed by atoms with Crippen LogP contribution in [-0.4, -0.2) is 63.8 Å². The Kier molecular flexibility index (Phi) is 29.9. The number of aliphatic hydroxyl groups excluding tert-OH is 3. The molecule has 143 heavy (non-hydrogen) atoms. The van der Waals surface area contributed by atoms with Gasteiger partial charge in [-0.15, -0.1) is 0 Å². The molecule has 13 N–H and O–H groups in total. The maximum Gasteiger partial charge on any atom is 0.0696 e. The Morgan fingerprint density at radius 2 is 0.455 bits per heavy atom. The second-order valence-electron chi connectivity index (χ2n) is 65.9. The molecule has 0 radical (unpaired) electrons. The van der Waals surface area contributed by atoms with Crippen LogP contribution in [0.4, 0.5) is 0 Å². The normalized spacial score (nSPS) is 59.2. The van der Waals surface area contributed by atoms with E-state index in [1.54, 1.807) is 96.3 Å². The molecule has 8 heteroatoms. The Morgan fingerprint density at radius 1 is 0.175 bits per heavy atom. The van der Waals surface area contributed by atoms with Crippen LogP contribution in [0.5, 0.6) is 0 Å². The maximum absolute atomic E-state index is 10.4. The monoisotopic (exact) mass is 1970 g/mol. The molecule has 0 aromatic rings. The van der Waals surface area contributed by atoms with E-state index < -0.39 is 0 Å². The predicted octanol–water partition coefficient (Wildman–Crippen LogP) is 32.8. The molecular weight excluding hydrogens is 1740 g/mol. The lowest BCUT2D eigenvalue weighted by molar-refractivity contribution is -0.129. The van der Waals surface area contributed by atoms with Gasteiger partial charge in [-0.3, -0.25) is 0 Å². The lowest BCUT2D eigenvalue weighted by Crippen LogP contribution is -2.60. The van der Waals surface area contributed by atoms with Crippen molar-refractivity contribution in [2.45, 2.75) is 589 Å². The van der Waals surface area contributed by atoms with Crippen LogP contribution in [-0.2, 0) is 0 Å². The number of hydrogen-bond donors (Lipinski definition) is 8. The largest absolute Gasteiger partial charge is 0.392 e. The molecule has 0 saturated heterocycles. The van der Waals surface area contributed by atoms with E-state index in [1.807, 2.05) is 0 Å². The van der Waals surface area contributed by atoms with Gasteiger partial charge in [0.05, 0.1) is 18.3 Å². The Labute approximate surface area is 881 Å². The van der Waals surface area contributed by atoms with E-state index in [-0.39, 0.29) is 36.4 Å². The van der Waals surface area contributed by atoms with Gasteiger partial charge in [0.2, 0.25) is 0 Å². The summed E-state index contributed by atoms with van der Waals surface area (Å²) in [4.78, 5) is 0. The molecule has 0 spiro atoms. The van der Waals surface area contributed by atoms with Crippen molar-refractivity contribution in [1.82, 2.24) is 0 Å². The molecule has 28 saturated carbocycles. The van der Waals surface area contributed by atoms with Crippen LogP contribution < -0.4 is 28.7 Å². The molecule has 28 aliphatic carbocycles. The minimum Gasteiger partial charge on any atom is -0.392 e. The Balaban J connectivity index is 0.0000000954. The highest BCUT2D eigenvalue weighted by atomic mass is 16.3. The molecule has 28 fully saturated rings. The van der Waals surface area contributed by atoms with Gasteiger partial charge in [0.1, 0.15) is 0 Å². The van der Waals surface area contributed by atoms with Crippen LogP contribution in [0.3, 0.4) is 0 Å². The zero-order chi connectivity index (χ0) is 100. The van der Waals surface area contributed by atoms with Gasteiger partial charge in [-0.05, 0) is 619 Å². The summed E-state index contributed by atoms with van der Waals surface area (Å²) in [7, 11) is 0. The van der Waals surface area contributed by atoms with Crippen LogP contribution in [0.25, 0.3) is 0 Å². The molecule has 0 bridgehead atoms. The summed E-state index contributed by atoms with van der Waals surface area (Å²) in [6.45, 7) is 41.4. The summed E-state index contributed by atoms with van der Waals surface area (Å²) in [6.07, 6.45) is 95.7. The first-order chi connectivity index (χ1) is 68.0. The molecule has 0 aromatic carbocycles. The summed E-state index contributed by atoms with van der Waals surface area (Å²) in [5, 5.41) is 30.8. The highest BCUT2D eigenvalue weighted by molar-refractivity contribution is 5.19. The molecule has 0 aromatic heterocycles. The van der Waals surface area contributed by atoms with E-state index >= 15 is 0 Å². The van der Waals surface area contributed by atoms with Crippen LogP contribution in [0.15, 0.2) is 0 Å². The highest BCUT2D eigenvalue weighted by Gasteiger charge is 2.68. The van der Waals surface area contributed by atoms with Crippen molar-refractivity contribution < 1.29 is 15.3 Å². The first kappa shape index (κ1) is 107. The van der Waals surface area contributed by atoms with Crippen molar-refractivity contribution in [2.24, 2.45) is 282 Å². The summed E-state index contributed by atoms with van der Waals surface area (Å²) in [5.41, 5.74) is 40.4. The number of aliphatic hydroxyl groups is 3. The van der Waals surface area contributed by atoms with E-state index in [2.05, 4.69) is 111 Å². The van der Waals surface area contributed by atoms with Crippen LogP contribution in [0, 0.1) is 253 Å². The molecule has 8 unspecified atom stereocenters. The summed E-state index contributed by atoms with van der Waals surface area (Å²) < 4.78 is 0. The van der Waals surface area contributed by atoms with Crippen molar-refractivity contribution in [3.8, 4) is 0 Å². The van der Waals surface area contributed by atoms with Crippen molar-refractivity contribution >= 4 is 0 Å². The van der Waals surface area contributed by atoms with Gasteiger partial charge in [0, 0.05) is 30.2 Å². The number of nitrogens with two attached hydrogens (primary N) is 5. The maximum atomic E-state index is 10.4. The van der Waals surface area contributed by atoms with Gasteiger partial charge in [-0.1, -0.05) is 175 Å². The van der Waals surface area contributed by atoms with Crippen LogP contribution >= 0.6 is 0 Å². The molecule has 28 aliphatic rings. The van der Waals surface area contributed by atoms with E-state index in [1.165, 1.54) is 302 Å². The van der Waals surface area contributed by atoms with Gasteiger partial charge >= 0.3 is 0 Å². The van der Waals surface area contributed by atoms with Gasteiger partial charge < -0.3 is 44.0 Å². The Hall–Kier alpha value is -0.320.